The third-order valence-corrected chi connectivity index (χ3v) is 25.0. The van der Waals surface area contributed by atoms with Gasteiger partial charge in [0, 0.05) is 78.4 Å². The number of nitrogens with zero attached hydrogens (tertiary/aromatic N) is 1. The number of rotatable bonds is 20. The third-order valence-electron chi connectivity index (χ3n) is 22.5. The van der Waals surface area contributed by atoms with Gasteiger partial charge in [0.2, 0.25) is 41.6 Å². The molecule has 40 heteroatoms. The zero-order chi connectivity index (χ0) is 88.6. The van der Waals surface area contributed by atoms with Crippen molar-refractivity contribution in [2.24, 2.45) is 29.2 Å². The molecule has 5 aromatic carbocycles. The van der Waals surface area contributed by atoms with E-state index in [-0.39, 0.29) is 66.7 Å². The van der Waals surface area contributed by atoms with Gasteiger partial charge < -0.3 is 137 Å². The Labute approximate surface area is 727 Å². The Kier molecular flexibility index (Phi) is 29.5. The van der Waals surface area contributed by atoms with Crippen LogP contribution in [0.2, 0.25) is 10.0 Å². The van der Waals surface area contributed by atoms with E-state index in [1.807, 2.05) is 36.7 Å². The van der Waals surface area contributed by atoms with Gasteiger partial charge in [-0.25, -0.2) is 9.78 Å². The van der Waals surface area contributed by atoms with E-state index in [0.29, 0.717) is 12.1 Å². The number of hydrogen-bond acceptors (Lipinski definition) is 32. The van der Waals surface area contributed by atoms with E-state index in [1.54, 1.807) is 6.92 Å². The minimum absolute atomic E-state index is 0. The molecule has 10 heterocycles. The van der Waals surface area contributed by atoms with Crippen molar-refractivity contribution in [2.45, 2.75) is 215 Å². The number of hydrogen-bond donors (Lipinski definition) is 19. The first kappa shape index (κ1) is 93.5. The summed E-state index contributed by atoms with van der Waals surface area (Å²) >= 11 is 17.4. The molecule has 668 valence electrons. The van der Waals surface area contributed by atoms with Crippen LogP contribution in [0.3, 0.4) is 0 Å². The van der Waals surface area contributed by atoms with Crippen LogP contribution in [0.1, 0.15) is 144 Å². The number of aromatic nitrogens is 1. The number of phenolic OH excluding ortho intramolecular Hbond substituents is 3. The molecule has 0 saturated carbocycles. The smallest absolute Gasteiger partial charge is 0.330 e. The van der Waals surface area contributed by atoms with Crippen molar-refractivity contribution >= 4 is 92.9 Å². The summed E-state index contributed by atoms with van der Waals surface area (Å²) in [7, 11) is 0. The minimum Gasteiger partial charge on any atom is -0.508 e. The molecule has 21 N–H and O–H groups in total. The summed E-state index contributed by atoms with van der Waals surface area (Å²) in [6.07, 6.45) is -30.3. The molecule has 2 aromatic heterocycles. The summed E-state index contributed by atoms with van der Waals surface area (Å²) in [5, 5.41) is 156. The maximum atomic E-state index is 16.6. The number of nitrogens with two attached hydrogens (primary N) is 2. The molecule has 7 aromatic rings. The summed E-state index contributed by atoms with van der Waals surface area (Å²) in [6.45, 7) is 7.31. The van der Waals surface area contributed by atoms with Gasteiger partial charge >= 0.3 is 5.97 Å². The van der Waals surface area contributed by atoms with Crippen molar-refractivity contribution in [1.29, 1.82) is 0 Å². The number of phenols is 3. The SMILES string of the molecule is C.CC[C@H](CC(C)C)C(=O)N[C@H]1C(=O)C[C@@H](CC(N)=O)C(=O)N[C@H]2C(=O)C[C@H]3C(=O)N[C@H](C(=O)N[C@@H](C(=O)O)c4cc(O)cc(O)c4-c4cc3ccc4O)[C@H](OC3C[C@](C)(N)[C@@H](O)[C@H](C)O3)c3ccc(c(Cl)c3)Oc3cc2cc(c3O[C@@H]2O[C@H](CO)[C@@H](O[C@@H]3O[C@H](CNCc4csc(-c5cccs5)n4)[C@H](O)[C@H](O)[C@H]3O)[C@H](O)[C@H]2O)Oc2ccc(cc2Cl)[C@H]1O. The molecule has 0 spiro atoms. The molecule has 124 heavy (non-hydrogen) atoms. The van der Waals surface area contributed by atoms with Crippen molar-refractivity contribution in [1.82, 2.24) is 31.6 Å². The number of aromatic hydroxyl groups is 3. The summed E-state index contributed by atoms with van der Waals surface area (Å²) in [4.78, 5) is 126. The Morgan fingerprint density at radius 1 is 0.726 bits per heavy atom. The van der Waals surface area contributed by atoms with Crippen LogP contribution in [0.5, 0.6) is 46.0 Å². The quantitative estimate of drug-likeness (QED) is 0.0479. The molecule has 0 radical (unpaired) electrons. The van der Waals surface area contributed by atoms with Crippen molar-refractivity contribution in [3.63, 3.8) is 0 Å². The third kappa shape index (κ3) is 20.2. The molecule has 8 aliphatic heterocycles. The van der Waals surface area contributed by atoms with Gasteiger partial charge in [-0.3, -0.25) is 33.6 Å². The maximum absolute atomic E-state index is 16.6. The molecule has 36 nitrogen and oxygen atoms in total. The molecule has 3 saturated heterocycles. The van der Waals surface area contributed by atoms with Crippen LogP contribution in [-0.2, 0) is 68.6 Å². The zero-order valence-corrected chi connectivity index (χ0v) is 69.7. The molecule has 1 unspecified atom stereocenters. The molecule has 3 fully saturated rings. The largest absolute Gasteiger partial charge is 0.508 e. The number of nitrogens with one attached hydrogen (secondary N) is 5. The summed E-state index contributed by atoms with van der Waals surface area (Å²) < 4.78 is 51.4. The van der Waals surface area contributed by atoms with Gasteiger partial charge in [-0.2, -0.15) is 0 Å². The van der Waals surface area contributed by atoms with Gasteiger partial charge in [-0.1, -0.05) is 75.7 Å². The number of ketones is 2. The predicted octanol–water partition coefficient (Wildman–Crippen LogP) is 4.96. The number of carboxylic acid groups (broad SMARTS) is 1. The van der Waals surface area contributed by atoms with E-state index < -0.39 is 280 Å². The van der Waals surface area contributed by atoms with Crippen LogP contribution in [0.25, 0.3) is 21.0 Å². The van der Waals surface area contributed by atoms with E-state index in [0.717, 1.165) is 58.4 Å². The van der Waals surface area contributed by atoms with Gasteiger partial charge in [-0.05, 0) is 121 Å². The Morgan fingerprint density at radius 3 is 2.03 bits per heavy atom. The number of aliphatic hydroxyl groups excluding tert-OH is 8. The van der Waals surface area contributed by atoms with E-state index in [1.165, 1.54) is 66.9 Å². The van der Waals surface area contributed by atoms with Crippen LogP contribution >= 0.6 is 45.9 Å². The van der Waals surface area contributed by atoms with E-state index >= 15 is 24.0 Å². The first-order chi connectivity index (χ1) is 58.4. The lowest BCUT2D eigenvalue weighted by molar-refractivity contribution is -0.350. The number of thiophene rings is 1. The second kappa shape index (κ2) is 39.1. The first-order valence-corrected chi connectivity index (χ1v) is 42.0. The first-order valence-electron chi connectivity index (χ1n) is 39.5. The van der Waals surface area contributed by atoms with E-state index in [9.17, 15) is 75.7 Å². The molecule has 8 aliphatic rings. The topological polar surface area (TPSA) is 578 Å². The number of carbonyl (C=O) groups excluding carboxylic acids is 7. The average Bonchev–Trinajstić information content (AvgIpc) is 0.875. The number of Topliss-reactive ketones (excluding diaryl/α,β-unsaturated/α-hetero) is 2. The highest BCUT2D eigenvalue weighted by Crippen LogP contribution is 2.51. The van der Waals surface area contributed by atoms with Crippen molar-refractivity contribution in [3.8, 4) is 67.0 Å². The lowest BCUT2D eigenvalue weighted by atomic mass is 9.84. The van der Waals surface area contributed by atoms with Crippen LogP contribution < -0.4 is 52.3 Å². The Balaban J connectivity index is 0.0000140. The standard InChI is InChI=1S/C83H94Cl2N8O28S2.CH4/c1-6-34(16-32(2)3)75(108)92-63-49(98)20-39(23-58(86)100)76(109)90-61-38-21-53(115-51-13-10-36(65(63)101)18-45(51)84)72(120-82-70(106)68(104)73(56(30-94)118-82)121-81-69(105)67(103)66(102)55(117-81)29-88-28-40-31-123-79(89-40)57-8-7-15-122-57)54(22-38)116-52-14-11-37(19-46(52)85)71(119-59-27-83(5,87)74(107)33(4)114-59)64-78(111)91-62(80(112)113)44-24-41(95)25-48(97)60(44)43-17-35(9-12-47(43)96)42(26-50(61)99)77(110)93-64;/h7-15,17-19,21-22,24-25,31-34,39,42,55-56,59,61-71,73-74,81-82,88,94-97,101-107H,6,16,20,23,26-30,87H2,1-5H3,(H2,86,100)(H,90,109)(H,91,111)(H,92,108)(H,93,110)(H,112,113);1H4/t33-,34+,39-,42+,55+,56+,59?,61+,62+,63-,64-,65+,66-,67-,68+,69+,70+,71+,73+,74-,81-,82-,83-;/m0./s1. The Morgan fingerprint density at radius 2 is 1.40 bits per heavy atom. The number of benzene rings is 5. The fraction of sp³-hybridized carbons (Fsp3) is 0.464. The van der Waals surface area contributed by atoms with Gasteiger partial charge in [0.15, 0.2) is 41.7 Å². The molecule has 5 amide bonds. The molecule has 0 aliphatic carbocycles. The number of amides is 5. The van der Waals surface area contributed by atoms with Crippen molar-refractivity contribution < 1.29 is 138 Å². The Hall–Kier alpha value is -9.63. The highest BCUT2D eigenvalue weighted by atomic mass is 35.5. The van der Waals surface area contributed by atoms with Crippen LogP contribution in [0.4, 0.5) is 0 Å². The monoisotopic (exact) mass is 1800 g/mol. The highest BCUT2D eigenvalue weighted by Gasteiger charge is 2.53. The van der Waals surface area contributed by atoms with Gasteiger partial charge in [0.1, 0.15) is 113 Å². The predicted molar refractivity (Wildman–Crippen MR) is 442 cm³/mol. The van der Waals surface area contributed by atoms with Crippen LogP contribution in [0, 0.1) is 17.8 Å². The van der Waals surface area contributed by atoms with Gasteiger partial charge in [-0.15, -0.1) is 22.7 Å². The van der Waals surface area contributed by atoms with Crippen molar-refractivity contribution in [2.75, 3.05) is 13.2 Å². The fourth-order valence-electron chi connectivity index (χ4n) is 16.0. The number of fused-ring (bicyclic) bond motifs is 15. The van der Waals surface area contributed by atoms with Crippen LogP contribution in [0.15, 0.2) is 102 Å². The number of carboxylic acids is 1. The number of aliphatic carboxylic acids is 1. The van der Waals surface area contributed by atoms with Crippen LogP contribution in [-0.4, -0.2) is 224 Å². The number of carbonyl (C=O) groups is 8. The molecule has 11 bridgehead atoms. The summed E-state index contributed by atoms with van der Waals surface area (Å²) in [5.74, 6) is -19.7. The number of primary amides is 1. The molecule has 23 atom stereocenters. The summed E-state index contributed by atoms with van der Waals surface area (Å²) in [6, 6.07) is 9.32. The summed E-state index contributed by atoms with van der Waals surface area (Å²) in [5.41, 5.74) is 9.17. The second-order valence-electron chi connectivity index (χ2n) is 31.9. The Bertz CT molecular complexity index is 5120. The lowest BCUT2D eigenvalue weighted by Crippen LogP contribution is -2.65. The zero-order valence-electron chi connectivity index (χ0n) is 66.5. The van der Waals surface area contributed by atoms with E-state index in [4.69, 9.17) is 72.6 Å². The van der Waals surface area contributed by atoms with Gasteiger partial charge in [0.05, 0.1) is 51.3 Å². The number of ether oxygens (including phenoxy) is 8. The molecular formula is C84H98Cl2N8O28S2. The normalized spacial score (nSPS) is 30.0. The number of halogens is 2. The second-order valence-corrected chi connectivity index (χ2v) is 34.6. The lowest BCUT2D eigenvalue weighted by Gasteiger charge is -2.46. The number of thiazole rings is 1. The molecular weight excluding hydrogens is 1700 g/mol. The fourth-order valence-corrected chi connectivity index (χ4v) is 18.1. The van der Waals surface area contributed by atoms with Gasteiger partial charge in [0.25, 0.3) is 0 Å². The maximum Gasteiger partial charge on any atom is 0.330 e. The highest BCUT2D eigenvalue weighted by molar-refractivity contribution is 7.20. The number of aliphatic hydroxyl groups is 8. The van der Waals surface area contributed by atoms with E-state index in [2.05, 4.69) is 31.6 Å². The van der Waals surface area contributed by atoms with Crippen molar-refractivity contribution in [3.05, 3.63) is 145 Å². The minimum atomic E-state index is -2.34. The molecule has 15 rings (SSSR count). The average molecular weight is 1800 g/mol.